The molecule has 0 saturated carbocycles. The third-order valence-electron chi connectivity index (χ3n) is 10.4. The van der Waals surface area contributed by atoms with Gasteiger partial charge in [0.2, 0.25) is 0 Å². The van der Waals surface area contributed by atoms with Crippen LogP contribution in [0.5, 0.6) is 0 Å². The molecular formula is C47H31N. The molecule has 0 saturated heterocycles. The number of aromatic nitrogens is 1. The van der Waals surface area contributed by atoms with Gasteiger partial charge in [-0.1, -0.05) is 152 Å². The Kier molecular flexibility index (Phi) is 5.77. The molecule has 8 aromatic carbocycles. The standard InChI is InChI=1S/C47H31N/c1-28-14-11-24-38-43(39-25-12-15-29(2)47(39)48-46(28)38)35-26-27-37-42-34(35)22-13-23-36(42)44-40(30-16-5-3-6-17-30)32-20-9-10-21-33(32)41(45(37)44)31-18-7-4-8-19-31/h3-27H,1-2H3. The summed E-state index contributed by atoms with van der Waals surface area (Å²) in [7, 11) is 0. The molecular weight excluding hydrogens is 579 g/mol. The lowest BCUT2D eigenvalue weighted by Gasteiger charge is -2.20. The third-order valence-corrected chi connectivity index (χ3v) is 10.4. The first-order valence-electron chi connectivity index (χ1n) is 16.7. The van der Waals surface area contributed by atoms with Crippen LogP contribution in [-0.4, -0.2) is 4.98 Å². The second-order valence-electron chi connectivity index (χ2n) is 13.1. The Bertz CT molecular complexity index is 2620. The molecule has 0 aliphatic heterocycles. The second-order valence-corrected chi connectivity index (χ2v) is 13.1. The molecule has 1 heteroatoms. The Labute approximate surface area is 279 Å². The van der Waals surface area contributed by atoms with Crippen LogP contribution in [0.15, 0.2) is 152 Å². The van der Waals surface area contributed by atoms with Crippen molar-refractivity contribution in [3.63, 3.8) is 0 Å². The smallest absolute Gasteiger partial charge is 0.0745 e. The van der Waals surface area contributed by atoms with Crippen LogP contribution in [0, 0.1) is 13.8 Å². The molecule has 10 rings (SSSR count). The fraction of sp³-hybridized carbons (Fsp3) is 0.0426. The number of hydrogen-bond acceptors (Lipinski definition) is 1. The second kappa shape index (κ2) is 10.2. The maximum Gasteiger partial charge on any atom is 0.0745 e. The highest BCUT2D eigenvalue weighted by Gasteiger charge is 2.31. The van der Waals surface area contributed by atoms with Gasteiger partial charge in [0.1, 0.15) is 0 Å². The number of pyridine rings is 1. The summed E-state index contributed by atoms with van der Waals surface area (Å²) in [5.74, 6) is 0. The van der Waals surface area contributed by atoms with E-state index in [4.69, 9.17) is 4.98 Å². The highest BCUT2D eigenvalue weighted by molar-refractivity contribution is 6.30. The Morgan fingerprint density at radius 3 is 1.31 bits per heavy atom. The van der Waals surface area contributed by atoms with Crippen LogP contribution in [0.2, 0.25) is 0 Å². The van der Waals surface area contributed by atoms with Gasteiger partial charge in [-0.15, -0.1) is 0 Å². The van der Waals surface area contributed by atoms with Crippen LogP contribution < -0.4 is 0 Å². The summed E-state index contributed by atoms with van der Waals surface area (Å²) in [6.07, 6.45) is 0. The molecule has 0 fully saturated rings. The quantitative estimate of drug-likeness (QED) is 0.182. The van der Waals surface area contributed by atoms with E-state index in [1.807, 2.05) is 0 Å². The molecule has 1 heterocycles. The van der Waals surface area contributed by atoms with Crippen LogP contribution in [0.3, 0.4) is 0 Å². The summed E-state index contributed by atoms with van der Waals surface area (Å²) < 4.78 is 0. The van der Waals surface area contributed by atoms with Gasteiger partial charge in [0.05, 0.1) is 11.0 Å². The molecule has 0 bridgehead atoms. The van der Waals surface area contributed by atoms with E-state index in [9.17, 15) is 0 Å². The highest BCUT2D eigenvalue weighted by Crippen LogP contribution is 2.58. The third kappa shape index (κ3) is 3.70. The van der Waals surface area contributed by atoms with Crippen LogP contribution in [0.25, 0.3) is 99.0 Å². The fourth-order valence-corrected chi connectivity index (χ4v) is 8.39. The Morgan fingerprint density at radius 2 is 0.750 bits per heavy atom. The lowest BCUT2D eigenvalue weighted by molar-refractivity contribution is 1.39. The zero-order chi connectivity index (χ0) is 31.9. The molecule has 0 N–H and O–H groups in total. The first-order valence-corrected chi connectivity index (χ1v) is 16.7. The Morgan fingerprint density at radius 1 is 0.312 bits per heavy atom. The average molecular weight is 610 g/mol. The SMILES string of the molecule is Cc1cccc2c(-c3ccc4c5c(cccc35)-c3c-4c(-c4ccccc4)c4ccccc4c3-c3ccccc3)c3cccc(C)c3nc12. The van der Waals surface area contributed by atoms with Crippen LogP contribution in [0.1, 0.15) is 11.1 Å². The number of benzene rings is 8. The van der Waals surface area contributed by atoms with Crippen LogP contribution in [0.4, 0.5) is 0 Å². The van der Waals surface area contributed by atoms with Gasteiger partial charge in [0.15, 0.2) is 0 Å². The van der Waals surface area contributed by atoms with Gasteiger partial charge in [0, 0.05) is 16.3 Å². The van der Waals surface area contributed by atoms with Crippen molar-refractivity contribution >= 4 is 43.4 Å². The molecule has 0 spiro atoms. The van der Waals surface area contributed by atoms with Gasteiger partial charge in [-0.2, -0.15) is 0 Å². The zero-order valence-corrected chi connectivity index (χ0v) is 26.9. The van der Waals surface area contributed by atoms with Crippen molar-refractivity contribution in [1.29, 1.82) is 0 Å². The van der Waals surface area contributed by atoms with Gasteiger partial charge < -0.3 is 0 Å². The largest absolute Gasteiger partial charge is 0.247 e. The topological polar surface area (TPSA) is 12.9 Å². The highest BCUT2D eigenvalue weighted by atomic mass is 14.7. The average Bonchev–Trinajstić information content (AvgIpc) is 3.46. The van der Waals surface area contributed by atoms with Crippen molar-refractivity contribution < 1.29 is 0 Å². The van der Waals surface area contributed by atoms with E-state index < -0.39 is 0 Å². The maximum atomic E-state index is 5.24. The number of hydrogen-bond donors (Lipinski definition) is 0. The summed E-state index contributed by atoms with van der Waals surface area (Å²) in [6.45, 7) is 4.35. The van der Waals surface area contributed by atoms with Crippen molar-refractivity contribution in [1.82, 2.24) is 4.98 Å². The van der Waals surface area contributed by atoms with Gasteiger partial charge in [-0.25, -0.2) is 4.98 Å². The molecule has 9 aromatic rings. The first-order chi connectivity index (χ1) is 23.7. The van der Waals surface area contributed by atoms with Gasteiger partial charge in [0.25, 0.3) is 0 Å². The van der Waals surface area contributed by atoms with Crippen LogP contribution >= 0.6 is 0 Å². The van der Waals surface area contributed by atoms with Gasteiger partial charge in [-0.05, 0) is 96.6 Å². The summed E-state index contributed by atoms with van der Waals surface area (Å²) in [5, 5.41) is 7.56. The number of fused-ring (bicyclic) bond motifs is 6. The van der Waals surface area contributed by atoms with E-state index in [1.165, 1.54) is 99.1 Å². The molecule has 1 aliphatic rings. The number of aryl methyl sites for hydroxylation is 2. The van der Waals surface area contributed by atoms with Crippen LogP contribution in [-0.2, 0) is 0 Å². The predicted molar refractivity (Wildman–Crippen MR) is 204 cm³/mol. The van der Waals surface area contributed by atoms with E-state index in [0.717, 1.165) is 11.0 Å². The van der Waals surface area contributed by atoms with Crippen molar-refractivity contribution in [3.8, 4) is 55.6 Å². The van der Waals surface area contributed by atoms with E-state index >= 15 is 0 Å². The minimum atomic E-state index is 1.07. The van der Waals surface area contributed by atoms with E-state index in [-0.39, 0.29) is 0 Å². The van der Waals surface area contributed by atoms with E-state index in [2.05, 4.69) is 166 Å². The monoisotopic (exact) mass is 609 g/mol. The molecule has 1 nitrogen and oxygen atoms in total. The zero-order valence-electron chi connectivity index (χ0n) is 26.9. The van der Waals surface area contributed by atoms with Gasteiger partial charge in [-0.3, -0.25) is 0 Å². The fourth-order valence-electron chi connectivity index (χ4n) is 8.39. The molecule has 0 atom stereocenters. The van der Waals surface area contributed by atoms with Crippen molar-refractivity contribution in [2.24, 2.45) is 0 Å². The maximum absolute atomic E-state index is 5.24. The Hall–Kier alpha value is -6.05. The Balaban J connectivity index is 1.39. The first kappa shape index (κ1) is 27.1. The molecule has 1 aliphatic carbocycles. The molecule has 1 aromatic heterocycles. The molecule has 0 unspecified atom stereocenters. The van der Waals surface area contributed by atoms with Crippen molar-refractivity contribution in [2.45, 2.75) is 13.8 Å². The summed E-state index contributed by atoms with van der Waals surface area (Å²) in [4.78, 5) is 5.24. The molecule has 48 heavy (non-hydrogen) atoms. The van der Waals surface area contributed by atoms with Crippen molar-refractivity contribution in [2.75, 3.05) is 0 Å². The molecule has 224 valence electrons. The lowest BCUT2D eigenvalue weighted by Crippen LogP contribution is -1.94. The molecule has 0 radical (unpaired) electrons. The normalized spacial score (nSPS) is 12.0. The minimum absolute atomic E-state index is 1.07. The number of para-hydroxylation sites is 2. The van der Waals surface area contributed by atoms with E-state index in [1.54, 1.807) is 0 Å². The number of rotatable bonds is 3. The lowest BCUT2D eigenvalue weighted by atomic mass is 9.82. The number of nitrogens with zero attached hydrogens (tertiary/aromatic N) is 1. The summed E-state index contributed by atoms with van der Waals surface area (Å²) in [6, 6.07) is 55.8. The summed E-state index contributed by atoms with van der Waals surface area (Å²) >= 11 is 0. The van der Waals surface area contributed by atoms with Gasteiger partial charge >= 0.3 is 0 Å². The van der Waals surface area contributed by atoms with Crippen molar-refractivity contribution in [3.05, 3.63) is 163 Å². The van der Waals surface area contributed by atoms with E-state index in [0.29, 0.717) is 0 Å². The minimum Gasteiger partial charge on any atom is -0.247 e. The molecule has 0 amide bonds. The predicted octanol–water partition coefficient (Wildman–Crippen LogP) is 13.0. The summed E-state index contributed by atoms with van der Waals surface area (Å²) in [5.41, 5.74) is 17.4.